The zero-order valence-corrected chi connectivity index (χ0v) is 9.44. The van der Waals surface area contributed by atoms with Gasteiger partial charge in [-0.05, 0) is 31.0 Å². The van der Waals surface area contributed by atoms with Gasteiger partial charge in [0.2, 0.25) is 0 Å². The van der Waals surface area contributed by atoms with Gasteiger partial charge in [0.25, 0.3) is 0 Å². The smallest absolute Gasteiger partial charge is 0.328 e. The van der Waals surface area contributed by atoms with Gasteiger partial charge < -0.3 is 10.4 Å². The summed E-state index contributed by atoms with van der Waals surface area (Å²) >= 11 is 0. The Morgan fingerprint density at radius 2 is 2.19 bits per heavy atom. The van der Waals surface area contributed by atoms with Gasteiger partial charge in [0, 0.05) is 12.6 Å². The third-order valence-electron chi connectivity index (χ3n) is 2.35. The van der Waals surface area contributed by atoms with Crippen LogP contribution in [0, 0.1) is 6.92 Å². The maximum absolute atomic E-state index is 10.2. The van der Waals surface area contributed by atoms with E-state index in [1.54, 1.807) is 6.08 Å². The van der Waals surface area contributed by atoms with Crippen LogP contribution in [0.3, 0.4) is 0 Å². The van der Waals surface area contributed by atoms with Crippen molar-refractivity contribution in [1.29, 1.82) is 0 Å². The minimum Gasteiger partial charge on any atom is -0.478 e. The van der Waals surface area contributed by atoms with Crippen LogP contribution in [0.2, 0.25) is 0 Å². The molecule has 0 amide bonds. The van der Waals surface area contributed by atoms with E-state index in [-0.39, 0.29) is 0 Å². The zero-order valence-electron chi connectivity index (χ0n) is 9.44. The third kappa shape index (κ3) is 4.75. The van der Waals surface area contributed by atoms with E-state index in [0.29, 0.717) is 6.54 Å². The molecular formula is C13H17NO2. The number of carboxylic acids is 1. The summed E-state index contributed by atoms with van der Waals surface area (Å²) < 4.78 is 0. The molecule has 0 radical (unpaired) electrons. The number of aryl methyl sites for hydroxylation is 1. The first-order valence-corrected chi connectivity index (χ1v) is 5.35. The molecule has 0 aliphatic rings. The van der Waals surface area contributed by atoms with E-state index in [1.165, 1.54) is 11.1 Å². The van der Waals surface area contributed by atoms with E-state index >= 15 is 0 Å². The summed E-state index contributed by atoms with van der Waals surface area (Å²) in [4.78, 5) is 10.2. The van der Waals surface area contributed by atoms with E-state index in [9.17, 15) is 4.79 Å². The first kappa shape index (κ1) is 12.5. The summed E-state index contributed by atoms with van der Waals surface area (Å²) in [5, 5.41) is 11.5. The van der Waals surface area contributed by atoms with Gasteiger partial charge in [0.15, 0.2) is 0 Å². The summed E-state index contributed by atoms with van der Waals surface area (Å²) in [6.07, 6.45) is 3.73. The van der Waals surface area contributed by atoms with Crippen molar-refractivity contribution in [2.75, 3.05) is 13.1 Å². The SMILES string of the molecule is Cc1ccccc1CCNC/C=C/C(=O)O. The second-order valence-corrected chi connectivity index (χ2v) is 3.62. The highest BCUT2D eigenvalue weighted by atomic mass is 16.4. The van der Waals surface area contributed by atoms with Gasteiger partial charge in [-0.15, -0.1) is 0 Å². The van der Waals surface area contributed by atoms with E-state index in [0.717, 1.165) is 19.0 Å². The van der Waals surface area contributed by atoms with Crippen molar-refractivity contribution in [1.82, 2.24) is 5.32 Å². The summed E-state index contributed by atoms with van der Waals surface area (Å²) in [7, 11) is 0. The molecule has 0 atom stereocenters. The maximum Gasteiger partial charge on any atom is 0.328 e. The Labute approximate surface area is 95.8 Å². The number of aliphatic carboxylic acids is 1. The van der Waals surface area contributed by atoms with Crippen LogP contribution in [0.1, 0.15) is 11.1 Å². The van der Waals surface area contributed by atoms with Gasteiger partial charge in [0.05, 0.1) is 0 Å². The second kappa shape index (κ2) is 6.80. The molecule has 0 aromatic heterocycles. The average molecular weight is 219 g/mol. The highest BCUT2D eigenvalue weighted by Gasteiger charge is 1.95. The van der Waals surface area contributed by atoms with Gasteiger partial charge >= 0.3 is 5.97 Å². The third-order valence-corrected chi connectivity index (χ3v) is 2.35. The molecule has 1 aromatic carbocycles. The molecule has 2 N–H and O–H groups in total. The number of hydrogen-bond acceptors (Lipinski definition) is 2. The van der Waals surface area contributed by atoms with E-state index in [1.807, 2.05) is 12.1 Å². The van der Waals surface area contributed by atoms with E-state index in [4.69, 9.17) is 5.11 Å². The van der Waals surface area contributed by atoms with Crippen LogP contribution >= 0.6 is 0 Å². The molecule has 0 heterocycles. The van der Waals surface area contributed by atoms with Crippen molar-refractivity contribution in [2.45, 2.75) is 13.3 Å². The van der Waals surface area contributed by atoms with Crippen LogP contribution in [0.4, 0.5) is 0 Å². The Kier molecular flexibility index (Phi) is 5.29. The number of carboxylic acid groups (broad SMARTS) is 1. The summed E-state index contributed by atoms with van der Waals surface area (Å²) in [6, 6.07) is 8.28. The fourth-order valence-electron chi connectivity index (χ4n) is 1.46. The number of benzene rings is 1. The van der Waals surface area contributed by atoms with Gasteiger partial charge in [-0.25, -0.2) is 4.79 Å². The zero-order chi connectivity index (χ0) is 11.8. The predicted octanol–water partition coefficient (Wildman–Crippen LogP) is 1.77. The van der Waals surface area contributed by atoms with Gasteiger partial charge in [-0.1, -0.05) is 30.3 Å². The molecule has 86 valence electrons. The first-order chi connectivity index (χ1) is 7.70. The first-order valence-electron chi connectivity index (χ1n) is 5.35. The monoisotopic (exact) mass is 219 g/mol. The van der Waals surface area contributed by atoms with Gasteiger partial charge in [-0.3, -0.25) is 0 Å². The molecule has 0 saturated heterocycles. The van der Waals surface area contributed by atoms with Crippen LogP contribution in [-0.2, 0) is 11.2 Å². The Morgan fingerprint density at radius 3 is 2.88 bits per heavy atom. The topological polar surface area (TPSA) is 49.3 Å². The van der Waals surface area contributed by atoms with Crippen molar-refractivity contribution in [3.8, 4) is 0 Å². The van der Waals surface area contributed by atoms with Crippen molar-refractivity contribution in [3.05, 3.63) is 47.5 Å². The van der Waals surface area contributed by atoms with Crippen LogP contribution in [0.15, 0.2) is 36.4 Å². The molecule has 0 aliphatic heterocycles. The molecule has 0 spiro atoms. The van der Waals surface area contributed by atoms with Crippen molar-refractivity contribution >= 4 is 5.97 Å². The number of rotatable bonds is 6. The summed E-state index contributed by atoms with van der Waals surface area (Å²) in [5.74, 6) is -0.902. The second-order valence-electron chi connectivity index (χ2n) is 3.62. The maximum atomic E-state index is 10.2. The lowest BCUT2D eigenvalue weighted by molar-refractivity contribution is -0.131. The largest absolute Gasteiger partial charge is 0.478 e. The van der Waals surface area contributed by atoms with Crippen LogP contribution in [0.25, 0.3) is 0 Å². The minimum atomic E-state index is -0.902. The highest BCUT2D eigenvalue weighted by molar-refractivity contribution is 5.79. The predicted molar refractivity (Wildman–Crippen MR) is 64.5 cm³/mol. The Bertz CT molecular complexity index is 372. The number of nitrogens with one attached hydrogen (secondary N) is 1. The fourth-order valence-corrected chi connectivity index (χ4v) is 1.46. The standard InChI is InChI=1S/C13H17NO2/c1-11-5-2-3-6-12(11)8-10-14-9-4-7-13(15)16/h2-7,14H,8-10H2,1H3,(H,15,16)/b7-4+. The van der Waals surface area contributed by atoms with E-state index < -0.39 is 5.97 Å². The molecule has 0 fully saturated rings. The Hall–Kier alpha value is -1.61. The quantitative estimate of drug-likeness (QED) is 0.566. The molecule has 1 rings (SSSR count). The Morgan fingerprint density at radius 1 is 1.44 bits per heavy atom. The molecule has 3 heteroatoms. The fraction of sp³-hybridized carbons (Fsp3) is 0.308. The highest BCUT2D eigenvalue weighted by Crippen LogP contribution is 2.06. The van der Waals surface area contributed by atoms with Crippen LogP contribution in [0.5, 0.6) is 0 Å². The average Bonchev–Trinajstić information content (AvgIpc) is 2.25. The molecule has 3 nitrogen and oxygen atoms in total. The molecule has 0 bridgehead atoms. The van der Waals surface area contributed by atoms with Gasteiger partial charge in [-0.2, -0.15) is 0 Å². The molecule has 0 aliphatic carbocycles. The lowest BCUT2D eigenvalue weighted by atomic mass is 10.1. The van der Waals surface area contributed by atoms with Crippen molar-refractivity contribution in [2.24, 2.45) is 0 Å². The van der Waals surface area contributed by atoms with Crippen molar-refractivity contribution < 1.29 is 9.90 Å². The molecular weight excluding hydrogens is 202 g/mol. The van der Waals surface area contributed by atoms with Crippen molar-refractivity contribution in [3.63, 3.8) is 0 Å². The number of carbonyl (C=O) groups is 1. The molecule has 1 aromatic rings. The molecule has 16 heavy (non-hydrogen) atoms. The lowest BCUT2D eigenvalue weighted by Gasteiger charge is -2.05. The van der Waals surface area contributed by atoms with E-state index in [2.05, 4.69) is 24.4 Å². The molecule has 0 saturated carbocycles. The summed E-state index contributed by atoms with van der Waals surface area (Å²) in [5.41, 5.74) is 2.63. The van der Waals surface area contributed by atoms with Crippen LogP contribution in [-0.4, -0.2) is 24.2 Å². The normalized spacial score (nSPS) is 10.8. The Balaban J connectivity index is 2.21. The summed E-state index contributed by atoms with van der Waals surface area (Å²) in [6.45, 7) is 3.55. The van der Waals surface area contributed by atoms with Gasteiger partial charge in [0.1, 0.15) is 0 Å². The lowest BCUT2D eigenvalue weighted by Crippen LogP contribution is -2.17. The number of hydrogen-bond donors (Lipinski definition) is 2. The molecule has 0 unspecified atom stereocenters. The minimum absolute atomic E-state index is 0.595. The van der Waals surface area contributed by atoms with Crippen LogP contribution < -0.4 is 5.32 Å².